The molecule has 0 aromatic carbocycles. The molecule has 0 bridgehead atoms. The van der Waals surface area contributed by atoms with E-state index in [0.29, 0.717) is 0 Å². The molecule has 1 unspecified atom stereocenters. The highest BCUT2D eigenvalue weighted by molar-refractivity contribution is 7.13. The number of hydrogen-bond acceptors (Lipinski definition) is 4. The van der Waals surface area contributed by atoms with Crippen molar-refractivity contribution in [1.29, 1.82) is 0 Å². The van der Waals surface area contributed by atoms with Crippen molar-refractivity contribution in [1.82, 2.24) is 9.88 Å². The molecule has 1 atom stereocenters. The SMILES string of the molecule is CCC(C)C(=O)Nc1nc(CN2CCCCC2)cs1. The van der Waals surface area contributed by atoms with E-state index in [1.165, 1.54) is 43.7 Å². The summed E-state index contributed by atoms with van der Waals surface area (Å²) in [5.41, 5.74) is 1.08. The number of aromatic nitrogens is 1. The van der Waals surface area contributed by atoms with E-state index >= 15 is 0 Å². The summed E-state index contributed by atoms with van der Waals surface area (Å²) in [6.45, 7) is 7.22. The van der Waals surface area contributed by atoms with Gasteiger partial charge in [0.05, 0.1) is 5.69 Å². The van der Waals surface area contributed by atoms with Crippen LogP contribution in [0.4, 0.5) is 5.13 Å². The van der Waals surface area contributed by atoms with Gasteiger partial charge in [-0.05, 0) is 32.4 Å². The van der Waals surface area contributed by atoms with E-state index in [1.54, 1.807) is 0 Å². The number of rotatable bonds is 5. The van der Waals surface area contributed by atoms with E-state index in [4.69, 9.17) is 0 Å². The highest BCUT2D eigenvalue weighted by atomic mass is 32.1. The van der Waals surface area contributed by atoms with Crippen molar-refractivity contribution in [2.45, 2.75) is 46.1 Å². The first-order valence-electron chi connectivity index (χ1n) is 7.16. The monoisotopic (exact) mass is 281 g/mol. The van der Waals surface area contributed by atoms with Crippen LogP contribution in [0, 0.1) is 5.92 Å². The molecule has 1 N–H and O–H groups in total. The zero-order valence-corrected chi connectivity index (χ0v) is 12.6. The molecule has 5 heteroatoms. The van der Waals surface area contributed by atoms with E-state index in [9.17, 15) is 4.79 Å². The minimum absolute atomic E-state index is 0.0504. The van der Waals surface area contributed by atoms with Gasteiger partial charge in [-0.15, -0.1) is 11.3 Å². The molecule has 0 saturated carbocycles. The first kappa shape index (κ1) is 14.5. The summed E-state index contributed by atoms with van der Waals surface area (Å²) >= 11 is 1.52. The quantitative estimate of drug-likeness (QED) is 0.902. The number of thiazole rings is 1. The summed E-state index contributed by atoms with van der Waals surface area (Å²) in [5, 5.41) is 5.69. The van der Waals surface area contributed by atoms with Crippen molar-refractivity contribution in [2.75, 3.05) is 18.4 Å². The van der Waals surface area contributed by atoms with E-state index in [2.05, 4.69) is 20.6 Å². The van der Waals surface area contributed by atoms with E-state index in [-0.39, 0.29) is 11.8 Å². The van der Waals surface area contributed by atoms with Crippen LogP contribution in [-0.4, -0.2) is 28.9 Å². The van der Waals surface area contributed by atoms with Crippen molar-refractivity contribution in [3.63, 3.8) is 0 Å². The second-order valence-electron chi connectivity index (χ2n) is 5.28. The standard InChI is InChI=1S/C14H23N3OS/c1-3-11(2)13(18)16-14-15-12(10-19-14)9-17-7-5-4-6-8-17/h10-11H,3-9H2,1-2H3,(H,15,16,18). The number of carbonyl (C=O) groups is 1. The van der Waals surface area contributed by atoms with Gasteiger partial charge in [-0.3, -0.25) is 9.69 Å². The maximum atomic E-state index is 11.8. The van der Waals surface area contributed by atoms with Crippen LogP contribution < -0.4 is 5.32 Å². The third-order valence-electron chi connectivity index (χ3n) is 3.68. The first-order chi connectivity index (χ1) is 9.19. The largest absolute Gasteiger partial charge is 0.302 e. The van der Waals surface area contributed by atoms with Crippen molar-refractivity contribution in [3.8, 4) is 0 Å². The smallest absolute Gasteiger partial charge is 0.228 e. The van der Waals surface area contributed by atoms with Crippen LogP contribution in [0.25, 0.3) is 0 Å². The zero-order chi connectivity index (χ0) is 13.7. The molecule has 106 valence electrons. The molecule has 1 saturated heterocycles. The number of hydrogen-bond donors (Lipinski definition) is 1. The van der Waals surface area contributed by atoms with Crippen LogP contribution in [-0.2, 0) is 11.3 Å². The lowest BCUT2D eigenvalue weighted by atomic mass is 10.1. The molecule has 1 aromatic rings. The highest BCUT2D eigenvalue weighted by Crippen LogP contribution is 2.19. The fourth-order valence-corrected chi connectivity index (χ4v) is 2.90. The Hall–Kier alpha value is -0.940. The topological polar surface area (TPSA) is 45.2 Å². The third kappa shape index (κ3) is 4.28. The molecule has 0 spiro atoms. The summed E-state index contributed by atoms with van der Waals surface area (Å²) in [5.74, 6) is 0.121. The van der Waals surface area contributed by atoms with Crippen LogP contribution in [0.2, 0.25) is 0 Å². The third-order valence-corrected chi connectivity index (χ3v) is 4.48. The Morgan fingerprint density at radius 3 is 2.89 bits per heavy atom. The average Bonchev–Trinajstić information content (AvgIpc) is 2.86. The van der Waals surface area contributed by atoms with Gasteiger partial charge in [0.1, 0.15) is 0 Å². The Balaban J connectivity index is 1.86. The Labute approximate surface area is 119 Å². The lowest BCUT2D eigenvalue weighted by Crippen LogP contribution is -2.29. The number of nitrogens with one attached hydrogen (secondary N) is 1. The van der Waals surface area contributed by atoms with E-state index in [0.717, 1.165) is 23.8 Å². The maximum Gasteiger partial charge on any atom is 0.228 e. The molecular formula is C14H23N3OS. The second kappa shape index (κ2) is 7.01. The molecule has 19 heavy (non-hydrogen) atoms. The second-order valence-corrected chi connectivity index (χ2v) is 6.14. The maximum absolute atomic E-state index is 11.8. The van der Waals surface area contributed by atoms with Gasteiger partial charge < -0.3 is 5.32 Å². The number of anilines is 1. The summed E-state index contributed by atoms with van der Waals surface area (Å²) in [7, 11) is 0. The van der Waals surface area contributed by atoms with Gasteiger partial charge in [-0.2, -0.15) is 0 Å². The number of piperidine rings is 1. The predicted molar refractivity (Wildman–Crippen MR) is 79.3 cm³/mol. The molecular weight excluding hydrogens is 258 g/mol. The van der Waals surface area contributed by atoms with Gasteiger partial charge in [0, 0.05) is 17.8 Å². The molecule has 4 nitrogen and oxygen atoms in total. The fourth-order valence-electron chi connectivity index (χ4n) is 2.20. The summed E-state index contributed by atoms with van der Waals surface area (Å²) < 4.78 is 0. The lowest BCUT2D eigenvalue weighted by Gasteiger charge is -2.25. The van der Waals surface area contributed by atoms with Crippen LogP contribution in [0.3, 0.4) is 0 Å². The van der Waals surface area contributed by atoms with Crippen LogP contribution in [0.15, 0.2) is 5.38 Å². The Morgan fingerprint density at radius 1 is 1.47 bits per heavy atom. The number of carbonyl (C=O) groups excluding carboxylic acids is 1. The average molecular weight is 281 g/mol. The van der Waals surface area contributed by atoms with Gasteiger partial charge in [0.15, 0.2) is 5.13 Å². The normalized spacial score (nSPS) is 18.2. The van der Waals surface area contributed by atoms with Gasteiger partial charge >= 0.3 is 0 Å². The molecule has 2 heterocycles. The molecule has 1 aromatic heterocycles. The summed E-state index contributed by atoms with van der Waals surface area (Å²) in [6, 6.07) is 0. The number of nitrogens with zero attached hydrogens (tertiary/aromatic N) is 2. The summed E-state index contributed by atoms with van der Waals surface area (Å²) in [4.78, 5) is 18.7. The fraction of sp³-hybridized carbons (Fsp3) is 0.714. The summed E-state index contributed by atoms with van der Waals surface area (Å²) in [6.07, 6.45) is 4.80. The van der Waals surface area contributed by atoms with Crippen LogP contribution in [0.1, 0.15) is 45.2 Å². The molecule has 1 fully saturated rings. The minimum Gasteiger partial charge on any atom is -0.302 e. The Kier molecular flexibility index (Phi) is 5.34. The van der Waals surface area contributed by atoms with Gasteiger partial charge in [-0.25, -0.2) is 4.98 Å². The van der Waals surface area contributed by atoms with Crippen molar-refractivity contribution in [3.05, 3.63) is 11.1 Å². The Bertz CT molecular complexity index is 413. The van der Waals surface area contributed by atoms with Gasteiger partial charge in [-0.1, -0.05) is 20.3 Å². The lowest BCUT2D eigenvalue weighted by molar-refractivity contribution is -0.119. The van der Waals surface area contributed by atoms with Crippen molar-refractivity contribution < 1.29 is 4.79 Å². The molecule has 1 aliphatic heterocycles. The van der Waals surface area contributed by atoms with Crippen LogP contribution >= 0.6 is 11.3 Å². The number of amides is 1. The predicted octanol–water partition coefficient (Wildman–Crippen LogP) is 3.11. The Morgan fingerprint density at radius 2 is 2.21 bits per heavy atom. The van der Waals surface area contributed by atoms with E-state index < -0.39 is 0 Å². The molecule has 1 aliphatic rings. The van der Waals surface area contributed by atoms with Crippen LogP contribution in [0.5, 0.6) is 0 Å². The van der Waals surface area contributed by atoms with Gasteiger partial charge in [0.25, 0.3) is 0 Å². The molecule has 2 rings (SSSR count). The zero-order valence-electron chi connectivity index (χ0n) is 11.8. The van der Waals surface area contributed by atoms with Crippen molar-refractivity contribution >= 4 is 22.4 Å². The van der Waals surface area contributed by atoms with Gasteiger partial charge in [0.2, 0.25) is 5.91 Å². The molecule has 0 radical (unpaired) electrons. The number of likely N-dealkylation sites (tertiary alicyclic amines) is 1. The molecule has 0 aliphatic carbocycles. The minimum atomic E-state index is 0.0504. The highest BCUT2D eigenvalue weighted by Gasteiger charge is 2.15. The first-order valence-corrected chi connectivity index (χ1v) is 8.04. The molecule has 1 amide bonds. The van der Waals surface area contributed by atoms with E-state index in [1.807, 2.05) is 13.8 Å². The van der Waals surface area contributed by atoms with Crippen molar-refractivity contribution in [2.24, 2.45) is 5.92 Å².